The van der Waals surface area contributed by atoms with Crippen molar-refractivity contribution in [3.8, 4) is 0 Å². The van der Waals surface area contributed by atoms with Crippen LogP contribution in [0.4, 0.5) is 0 Å². The Morgan fingerprint density at radius 2 is 2.06 bits per heavy atom. The Labute approximate surface area is 104 Å². The molecule has 0 saturated heterocycles. The molecule has 1 saturated carbocycles. The van der Waals surface area contributed by atoms with Gasteiger partial charge in [0.25, 0.3) is 0 Å². The van der Waals surface area contributed by atoms with Crippen molar-refractivity contribution in [2.24, 2.45) is 17.1 Å². The maximum atomic E-state index is 11.6. The van der Waals surface area contributed by atoms with Crippen molar-refractivity contribution in [2.75, 3.05) is 6.54 Å². The molecule has 4 N–H and O–H groups in total. The van der Waals surface area contributed by atoms with Crippen molar-refractivity contribution in [3.63, 3.8) is 0 Å². The Morgan fingerprint density at radius 3 is 2.53 bits per heavy atom. The lowest BCUT2D eigenvalue weighted by atomic mass is 9.82. The third kappa shape index (κ3) is 6.03. The van der Waals surface area contributed by atoms with E-state index in [9.17, 15) is 4.79 Å². The van der Waals surface area contributed by atoms with Crippen molar-refractivity contribution in [2.45, 2.75) is 58.6 Å². The van der Waals surface area contributed by atoms with Crippen LogP contribution in [0.2, 0.25) is 0 Å². The Hall–Kier alpha value is -0.610. The van der Waals surface area contributed by atoms with Crippen molar-refractivity contribution in [1.29, 1.82) is 0 Å². The lowest BCUT2D eigenvalue weighted by Gasteiger charge is -2.31. The summed E-state index contributed by atoms with van der Waals surface area (Å²) in [4.78, 5) is 11.6. The zero-order valence-electron chi connectivity index (χ0n) is 11.2. The van der Waals surface area contributed by atoms with E-state index in [2.05, 4.69) is 26.1 Å². The topological polar surface area (TPSA) is 75.4 Å². The molecule has 0 spiro atoms. The summed E-state index contributed by atoms with van der Waals surface area (Å²) in [5.74, 6) is 0.482. The summed E-state index contributed by atoms with van der Waals surface area (Å²) >= 11 is 0. The molecule has 0 aliphatic heterocycles. The number of amides is 1. The number of carbonyl (C=O) groups is 1. The molecular formula is C13H26N2O2. The van der Waals surface area contributed by atoms with Crippen LogP contribution in [-0.4, -0.2) is 29.7 Å². The van der Waals surface area contributed by atoms with E-state index in [1.165, 1.54) is 0 Å². The van der Waals surface area contributed by atoms with E-state index < -0.39 is 0 Å². The molecule has 1 aliphatic carbocycles. The van der Waals surface area contributed by atoms with Gasteiger partial charge in [0.2, 0.25) is 5.91 Å². The van der Waals surface area contributed by atoms with Crippen LogP contribution in [0.5, 0.6) is 0 Å². The molecule has 1 rings (SSSR count). The van der Waals surface area contributed by atoms with Crippen LogP contribution in [0.3, 0.4) is 0 Å². The van der Waals surface area contributed by atoms with Gasteiger partial charge in [-0.05, 0) is 30.6 Å². The molecule has 0 aromatic carbocycles. The van der Waals surface area contributed by atoms with E-state index in [4.69, 9.17) is 10.8 Å². The van der Waals surface area contributed by atoms with E-state index >= 15 is 0 Å². The number of aliphatic hydroxyl groups excluding tert-OH is 1. The molecule has 1 amide bonds. The fraction of sp³-hybridized carbons (Fsp3) is 0.923. The second-order valence-electron chi connectivity index (χ2n) is 6.52. The van der Waals surface area contributed by atoms with Crippen molar-refractivity contribution < 1.29 is 9.90 Å². The highest BCUT2D eigenvalue weighted by atomic mass is 16.3. The summed E-state index contributed by atoms with van der Waals surface area (Å²) in [6.07, 6.45) is 2.72. The lowest BCUT2D eigenvalue weighted by molar-refractivity contribution is -0.122. The average molecular weight is 242 g/mol. The van der Waals surface area contributed by atoms with Gasteiger partial charge in [-0.3, -0.25) is 4.79 Å². The van der Waals surface area contributed by atoms with Gasteiger partial charge in [-0.2, -0.15) is 0 Å². The minimum atomic E-state index is -0.153. The zero-order valence-corrected chi connectivity index (χ0v) is 11.2. The first-order valence-corrected chi connectivity index (χ1v) is 6.46. The third-order valence-corrected chi connectivity index (χ3v) is 3.12. The summed E-state index contributed by atoms with van der Waals surface area (Å²) in [7, 11) is 0. The Kier molecular flexibility index (Phi) is 4.95. The smallest absolute Gasteiger partial charge is 0.221 e. The summed E-state index contributed by atoms with van der Waals surface area (Å²) in [5.41, 5.74) is 6.10. The number of nitrogens with one attached hydrogen (secondary N) is 1. The van der Waals surface area contributed by atoms with Crippen LogP contribution in [0.25, 0.3) is 0 Å². The summed E-state index contributed by atoms with van der Waals surface area (Å²) in [6.45, 7) is 7.06. The van der Waals surface area contributed by atoms with Gasteiger partial charge < -0.3 is 16.2 Å². The average Bonchev–Trinajstić information content (AvgIpc) is 2.06. The molecule has 4 heteroatoms. The largest absolute Gasteiger partial charge is 0.393 e. The lowest BCUT2D eigenvalue weighted by Crippen LogP contribution is -2.40. The predicted octanol–water partition coefficient (Wildman–Crippen LogP) is 1.03. The van der Waals surface area contributed by atoms with Crippen molar-refractivity contribution in [1.82, 2.24) is 5.32 Å². The van der Waals surface area contributed by atoms with E-state index in [1.54, 1.807) is 0 Å². The third-order valence-electron chi connectivity index (χ3n) is 3.12. The van der Waals surface area contributed by atoms with Gasteiger partial charge in [0.05, 0.1) is 6.10 Å². The van der Waals surface area contributed by atoms with Gasteiger partial charge in [-0.15, -0.1) is 0 Å². The molecule has 0 bridgehead atoms. The quantitative estimate of drug-likeness (QED) is 0.674. The first-order valence-electron chi connectivity index (χ1n) is 6.46. The van der Waals surface area contributed by atoms with Crippen LogP contribution in [0.1, 0.15) is 46.5 Å². The fourth-order valence-electron chi connectivity index (χ4n) is 2.29. The zero-order chi connectivity index (χ0) is 13.1. The Bertz CT molecular complexity index is 255. The van der Waals surface area contributed by atoms with Gasteiger partial charge in [0.1, 0.15) is 0 Å². The molecular weight excluding hydrogens is 216 g/mol. The first kappa shape index (κ1) is 14.5. The molecule has 1 aliphatic rings. The molecule has 100 valence electrons. The molecule has 0 heterocycles. The van der Waals surface area contributed by atoms with E-state index in [0.717, 1.165) is 19.3 Å². The highest BCUT2D eigenvalue weighted by molar-refractivity contribution is 5.76. The summed E-state index contributed by atoms with van der Waals surface area (Å²) in [6, 6.07) is -0.0676. The second kappa shape index (κ2) is 5.83. The SMILES string of the molecule is CC(C)(C)CC(N)CC(=O)NCC1CC(O)C1. The maximum absolute atomic E-state index is 11.6. The van der Waals surface area contributed by atoms with Crippen LogP contribution < -0.4 is 11.1 Å². The summed E-state index contributed by atoms with van der Waals surface area (Å²) < 4.78 is 0. The number of rotatable bonds is 5. The number of aliphatic hydroxyl groups is 1. The summed E-state index contributed by atoms with van der Waals surface area (Å²) in [5, 5.41) is 12.0. The minimum Gasteiger partial charge on any atom is -0.393 e. The highest BCUT2D eigenvalue weighted by Gasteiger charge is 2.27. The molecule has 4 nitrogen and oxygen atoms in total. The van der Waals surface area contributed by atoms with E-state index in [-0.39, 0.29) is 23.5 Å². The van der Waals surface area contributed by atoms with E-state index in [0.29, 0.717) is 18.9 Å². The van der Waals surface area contributed by atoms with Gasteiger partial charge in [0, 0.05) is 19.0 Å². The van der Waals surface area contributed by atoms with Crippen LogP contribution in [-0.2, 0) is 4.79 Å². The molecule has 17 heavy (non-hydrogen) atoms. The minimum absolute atomic E-state index is 0.0307. The van der Waals surface area contributed by atoms with Crippen molar-refractivity contribution >= 4 is 5.91 Å². The molecule has 1 fully saturated rings. The molecule has 0 aromatic heterocycles. The van der Waals surface area contributed by atoms with Crippen LogP contribution in [0.15, 0.2) is 0 Å². The predicted molar refractivity (Wildman–Crippen MR) is 68.4 cm³/mol. The number of hydrogen-bond donors (Lipinski definition) is 3. The number of carbonyl (C=O) groups excluding carboxylic acids is 1. The maximum Gasteiger partial charge on any atom is 0.221 e. The van der Waals surface area contributed by atoms with Gasteiger partial charge in [-0.1, -0.05) is 20.8 Å². The monoisotopic (exact) mass is 242 g/mol. The fourth-order valence-corrected chi connectivity index (χ4v) is 2.29. The van der Waals surface area contributed by atoms with Gasteiger partial charge >= 0.3 is 0 Å². The molecule has 1 unspecified atom stereocenters. The number of hydrogen-bond acceptors (Lipinski definition) is 3. The van der Waals surface area contributed by atoms with Crippen molar-refractivity contribution in [3.05, 3.63) is 0 Å². The standard InChI is InChI=1S/C13H26N2O2/c1-13(2,3)7-10(14)6-12(17)15-8-9-4-11(16)5-9/h9-11,16H,4-8,14H2,1-3H3,(H,15,17). The Balaban J connectivity index is 2.12. The molecule has 0 radical (unpaired) electrons. The highest BCUT2D eigenvalue weighted by Crippen LogP contribution is 2.26. The van der Waals surface area contributed by atoms with E-state index in [1.807, 2.05) is 0 Å². The van der Waals surface area contributed by atoms with Crippen LogP contribution >= 0.6 is 0 Å². The Morgan fingerprint density at radius 1 is 1.47 bits per heavy atom. The first-order chi connectivity index (χ1) is 7.76. The normalized spacial score (nSPS) is 26.2. The molecule has 1 atom stereocenters. The molecule has 0 aromatic rings. The van der Waals surface area contributed by atoms with Crippen LogP contribution in [0, 0.1) is 11.3 Å². The number of nitrogens with two attached hydrogens (primary N) is 1. The second-order valence-corrected chi connectivity index (χ2v) is 6.52. The van der Waals surface area contributed by atoms with Gasteiger partial charge in [0.15, 0.2) is 0 Å². The van der Waals surface area contributed by atoms with Gasteiger partial charge in [-0.25, -0.2) is 0 Å².